The highest BCUT2D eigenvalue weighted by molar-refractivity contribution is 5.27. The minimum atomic E-state index is 0.209. The van der Waals surface area contributed by atoms with E-state index in [4.69, 9.17) is 10.5 Å². The molecule has 0 aliphatic heterocycles. The zero-order valence-electron chi connectivity index (χ0n) is 12.6. The summed E-state index contributed by atoms with van der Waals surface area (Å²) >= 11 is 0. The van der Waals surface area contributed by atoms with Crippen molar-refractivity contribution in [2.75, 3.05) is 26.2 Å². The fraction of sp³-hybridized carbons (Fsp3) is 0.625. The van der Waals surface area contributed by atoms with Gasteiger partial charge in [-0.1, -0.05) is 26.0 Å². The Bertz CT molecular complexity index is 331. The van der Waals surface area contributed by atoms with Crippen LogP contribution in [0, 0.1) is 0 Å². The van der Waals surface area contributed by atoms with Crippen LogP contribution in [-0.4, -0.2) is 37.2 Å². The second-order valence-electron chi connectivity index (χ2n) is 5.05. The maximum absolute atomic E-state index is 5.78. The lowest BCUT2D eigenvalue weighted by Crippen LogP contribution is -2.25. The Labute approximate surface area is 117 Å². The van der Waals surface area contributed by atoms with E-state index in [0.717, 1.165) is 44.8 Å². The van der Waals surface area contributed by atoms with Crippen LogP contribution in [0.25, 0.3) is 0 Å². The third-order valence-electron chi connectivity index (χ3n) is 3.26. The molecule has 1 unspecified atom stereocenters. The Morgan fingerprint density at radius 3 is 2.32 bits per heavy atom. The van der Waals surface area contributed by atoms with Gasteiger partial charge in [-0.3, -0.25) is 0 Å². The van der Waals surface area contributed by atoms with E-state index < -0.39 is 0 Å². The molecule has 3 heteroatoms. The van der Waals surface area contributed by atoms with Gasteiger partial charge in [0.25, 0.3) is 0 Å². The predicted octanol–water partition coefficient (Wildman–Crippen LogP) is 2.69. The molecule has 0 heterocycles. The first kappa shape index (κ1) is 16.0. The summed E-state index contributed by atoms with van der Waals surface area (Å²) in [5, 5.41) is 0. The molecule has 0 fully saturated rings. The van der Waals surface area contributed by atoms with Crippen LogP contribution >= 0.6 is 0 Å². The molecule has 3 nitrogen and oxygen atoms in total. The van der Waals surface area contributed by atoms with Gasteiger partial charge in [-0.25, -0.2) is 0 Å². The average molecular weight is 264 g/mol. The average Bonchev–Trinajstić information content (AvgIpc) is 2.40. The fourth-order valence-corrected chi connectivity index (χ4v) is 2.11. The van der Waals surface area contributed by atoms with Gasteiger partial charge in [-0.15, -0.1) is 0 Å². The lowest BCUT2D eigenvalue weighted by Gasteiger charge is -2.17. The molecular formula is C16H28N2O. The summed E-state index contributed by atoms with van der Waals surface area (Å²) in [6, 6.07) is 8.48. The zero-order chi connectivity index (χ0) is 14.1. The van der Waals surface area contributed by atoms with Crippen LogP contribution in [0.15, 0.2) is 24.3 Å². The Kier molecular flexibility index (Phi) is 7.53. The third kappa shape index (κ3) is 6.60. The van der Waals surface area contributed by atoms with Crippen molar-refractivity contribution in [1.29, 1.82) is 0 Å². The molecule has 0 amide bonds. The van der Waals surface area contributed by atoms with Crippen LogP contribution in [0.1, 0.15) is 32.8 Å². The molecule has 2 N–H and O–H groups in total. The number of hydrogen-bond acceptors (Lipinski definition) is 3. The van der Waals surface area contributed by atoms with Crippen molar-refractivity contribution < 1.29 is 4.74 Å². The number of benzene rings is 1. The fourth-order valence-electron chi connectivity index (χ4n) is 2.11. The molecule has 0 aliphatic rings. The van der Waals surface area contributed by atoms with Gasteiger partial charge >= 0.3 is 0 Å². The lowest BCUT2D eigenvalue weighted by molar-refractivity contribution is 0.249. The van der Waals surface area contributed by atoms with Crippen LogP contribution in [0.3, 0.4) is 0 Å². The summed E-state index contributed by atoms with van der Waals surface area (Å²) in [5.74, 6) is 0.952. The molecule has 19 heavy (non-hydrogen) atoms. The van der Waals surface area contributed by atoms with E-state index in [1.165, 1.54) is 5.56 Å². The maximum atomic E-state index is 5.78. The maximum Gasteiger partial charge on any atom is 0.119 e. The molecule has 0 aliphatic carbocycles. The molecule has 1 aromatic rings. The number of hydrogen-bond donors (Lipinski definition) is 1. The normalized spacial score (nSPS) is 12.7. The van der Waals surface area contributed by atoms with E-state index >= 15 is 0 Å². The Hall–Kier alpha value is -1.06. The van der Waals surface area contributed by atoms with Crippen molar-refractivity contribution in [3.63, 3.8) is 0 Å². The molecule has 0 saturated carbocycles. The first-order valence-corrected chi connectivity index (χ1v) is 7.35. The van der Waals surface area contributed by atoms with E-state index in [9.17, 15) is 0 Å². The van der Waals surface area contributed by atoms with Crippen LogP contribution in [0.4, 0.5) is 0 Å². The number of ether oxygens (including phenoxy) is 1. The lowest BCUT2D eigenvalue weighted by atomic mass is 10.1. The van der Waals surface area contributed by atoms with Crippen LogP contribution in [0.5, 0.6) is 5.75 Å². The van der Waals surface area contributed by atoms with Gasteiger partial charge in [-0.05, 0) is 50.6 Å². The van der Waals surface area contributed by atoms with Gasteiger partial charge in [0.15, 0.2) is 0 Å². The van der Waals surface area contributed by atoms with Gasteiger partial charge in [0.1, 0.15) is 5.75 Å². The van der Waals surface area contributed by atoms with E-state index in [0.29, 0.717) is 0 Å². The zero-order valence-corrected chi connectivity index (χ0v) is 12.6. The highest BCUT2D eigenvalue weighted by Gasteiger charge is 2.00. The van der Waals surface area contributed by atoms with Crippen molar-refractivity contribution in [2.45, 2.75) is 39.7 Å². The van der Waals surface area contributed by atoms with Crippen LogP contribution < -0.4 is 10.5 Å². The molecule has 1 atom stereocenters. The monoisotopic (exact) mass is 264 g/mol. The van der Waals surface area contributed by atoms with Gasteiger partial charge in [0.05, 0.1) is 6.61 Å². The van der Waals surface area contributed by atoms with E-state index in [1.54, 1.807) is 0 Å². The minimum Gasteiger partial charge on any atom is -0.494 e. The second-order valence-corrected chi connectivity index (χ2v) is 5.05. The third-order valence-corrected chi connectivity index (χ3v) is 3.26. The highest BCUT2D eigenvalue weighted by Crippen LogP contribution is 2.13. The van der Waals surface area contributed by atoms with E-state index in [1.807, 2.05) is 19.1 Å². The first-order valence-electron chi connectivity index (χ1n) is 7.35. The molecule has 108 valence electrons. The van der Waals surface area contributed by atoms with Crippen molar-refractivity contribution in [3.8, 4) is 5.75 Å². The molecule has 0 spiro atoms. The van der Waals surface area contributed by atoms with Gasteiger partial charge in [0, 0.05) is 12.6 Å². The highest BCUT2D eigenvalue weighted by atomic mass is 16.5. The van der Waals surface area contributed by atoms with Gasteiger partial charge in [-0.2, -0.15) is 0 Å². The first-order chi connectivity index (χ1) is 9.15. The largest absolute Gasteiger partial charge is 0.494 e. The summed E-state index contributed by atoms with van der Waals surface area (Å²) in [5.41, 5.74) is 7.05. The van der Waals surface area contributed by atoms with Crippen molar-refractivity contribution in [3.05, 3.63) is 29.8 Å². The summed E-state index contributed by atoms with van der Waals surface area (Å²) in [4.78, 5) is 2.41. The Balaban J connectivity index is 2.26. The van der Waals surface area contributed by atoms with E-state index in [2.05, 4.69) is 30.9 Å². The van der Waals surface area contributed by atoms with Gasteiger partial charge < -0.3 is 15.4 Å². The molecular weight excluding hydrogens is 236 g/mol. The SMILES string of the molecule is CCN(CC)CCCOc1ccc(CC(C)N)cc1. The number of nitrogens with zero attached hydrogens (tertiary/aromatic N) is 1. The minimum absolute atomic E-state index is 0.209. The quantitative estimate of drug-likeness (QED) is 0.697. The predicted molar refractivity (Wildman–Crippen MR) is 81.7 cm³/mol. The summed E-state index contributed by atoms with van der Waals surface area (Å²) < 4.78 is 5.75. The van der Waals surface area contributed by atoms with Crippen molar-refractivity contribution in [1.82, 2.24) is 4.90 Å². The molecule has 0 bridgehead atoms. The summed E-state index contributed by atoms with van der Waals surface area (Å²) in [7, 11) is 0. The molecule has 0 saturated heterocycles. The van der Waals surface area contributed by atoms with Crippen molar-refractivity contribution in [2.24, 2.45) is 5.73 Å². The summed E-state index contributed by atoms with van der Waals surface area (Å²) in [6.07, 6.45) is 1.99. The smallest absolute Gasteiger partial charge is 0.119 e. The molecule has 0 radical (unpaired) electrons. The van der Waals surface area contributed by atoms with Crippen LogP contribution in [0.2, 0.25) is 0 Å². The van der Waals surface area contributed by atoms with E-state index in [-0.39, 0.29) is 6.04 Å². The summed E-state index contributed by atoms with van der Waals surface area (Å²) in [6.45, 7) is 10.5. The Morgan fingerprint density at radius 1 is 1.16 bits per heavy atom. The standard InChI is InChI=1S/C16H28N2O/c1-4-18(5-2)11-6-12-19-16-9-7-15(8-10-16)13-14(3)17/h7-10,14H,4-6,11-13,17H2,1-3H3. The molecule has 1 rings (SSSR count). The van der Waals surface area contributed by atoms with Gasteiger partial charge in [0.2, 0.25) is 0 Å². The number of rotatable bonds is 9. The Morgan fingerprint density at radius 2 is 1.79 bits per heavy atom. The second kappa shape index (κ2) is 8.94. The molecule has 1 aromatic carbocycles. The number of nitrogens with two attached hydrogens (primary N) is 1. The van der Waals surface area contributed by atoms with Crippen molar-refractivity contribution >= 4 is 0 Å². The topological polar surface area (TPSA) is 38.5 Å². The molecule has 0 aromatic heterocycles. The van der Waals surface area contributed by atoms with Crippen LogP contribution in [-0.2, 0) is 6.42 Å².